The first kappa shape index (κ1) is 11.5. The summed E-state index contributed by atoms with van der Waals surface area (Å²) in [5.41, 5.74) is 2.41. The van der Waals surface area contributed by atoms with Crippen LogP contribution in [0.2, 0.25) is 5.02 Å². The Bertz CT molecular complexity index is 604. The molecule has 1 N–H and O–H groups in total. The zero-order chi connectivity index (χ0) is 12.7. The molecule has 2 aromatic rings. The van der Waals surface area contributed by atoms with Crippen molar-refractivity contribution >= 4 is 17.4 Å². The highest BCUT2D eigenvalue weighted by Crippen LogP contribution is 2.38. The van der Waals surface area contributed by atoms with Crippen LogP contribution in [-0.2, 0) is 0 Å². The van der Waals surface area contributed by atoms with Gasteiger partial charge in [0.2, 0.25) is 0 Å². The maximum atomic E-state index is 12.0. The molecule has 0 bridgehead atoms. The molecule has 1 aliphatic rings. The van der Waals surface area contributed by atoms with Crippen LogP contribution < -0.4 is 0 Å². The number of Topliss-reactive ketones (excluding diaryl/α,β-unsaturated/α-hetero) is 1. The van der Waals surface area contributed by atoms with Gasteiger partial charge < -0.3 is 5.11 Å². The molecular weight excluding hydrogens is 248 g/mol. The van der Waals surface area contributed by atoms with Gasteiger partial charge in [0.1, 0.15) is 6.10 Å². The molecule has 0 fully saturated rings. The second kappa shape index (κ2) is 4.23. The van der Waals surface area contributed by atoms with E-state index in [4.69, 9.17) is 11.6 Å². The van der Waals surface area contributed by atoms with Crippen LogP contribution in [0, 0.1) is 0 Å². The molecule has 0 amide bonds. The van der Waals surface area contributed by atoms with Crippen LogP contribution in [-0.4, -0.2) is 17.0 Å². The van der Waals surface area contributed by atoms with Crippen LogP contribution in [0.15, 0.2) is 48.5 Å². The second-order valence-corrected chi connectivity index (χ2v) is 4.86. The predicted molar refractivity (Wildman–Crippen MR) is 70.1 cm³/mol. The molecular formula is C15H11ClO2. The Balaban J connectivity index is 2.13. The molecule has 0 saturated heterocycles. The number of rotatable bonds is 1. The van der Waals surface area contributed by atoms with Crippen LogP contribution in [0.1, 0.15) is 27.4 Å². The van der Waals surface area contributed by atoms with Crippen LogP contribution in [0.25, 0.3) is 0 Å². The maximum Gasteiger partial charge on any atom is 0.192 e. The SMILES string of the molecule is O=C1c2ccccc2[C@@H](c2ccc(Cl)cc2)[C@H]1O. The number of aliphatic hydroxyl groups excluding tert-OH is 1. The lowest BCUT2D eigenvalue weighted by Gasteiger charge is -2.15. The molecule has 0 spiro atoms. The minimum absolute atomic E-state index is 0.203. The number of carbonyl (C=O) groups is 1. The average Bonchev–Trinajstić information content (AvgIpc) is 2.64. The highest BCUT2D eigenvalue weighted by Gasteiger charge is 2.38. The molecule has 0 saturated carbocycles. The van der Waals surface area contributed by atoms with Gasteiger partial charge in [0.15, 0.2) is 5.78 Å². The molecule has 0 unspecified atom stereocenters. The third kappa shape index (κ3) is 1.65. The van der Waals surface area contributed by atoms with Crippen molar-refractivity contribution in [3.63, 3.8) is 0 Å². The van der Waals surface area contributed by atoms with Crippen molar-refractivity contribution in [3.05, 3.63) is 70.2 Å². The molecule has 90 valence electrons. The Kier molecular flexibility index (Phi) is 2.69. The van der Waals surface area contributed by atoms with Gasteiger partial charge in [0.25, 0.3) is 0 Å². The van der Waals surface area contributed by atoms with Crippen LogP contribution >= 0.6 is 11.6 Å². The summed E-state index contributed by atoms with van der Waals surface area (Å²) in [6, 6.07) is 14.6. The summed E-state index contributed by atoms with van der Waals surface area (Å²) in [6.07, 6.45) is -0.997. The van der Waals surface area contributed by atoms with E-state index in [2.05, 4.69) is 0 Å². The van der Waals surface area contributed by atoms with Crippen LogP contribution in [0.4, 0.5) is 0 Å². The van der Waals surface area contributed by atoms with Crippen molar-refractivity contribution in [1.82, 2.24) is 0 Å². The summed E-state index contributed by atoms with van der Waals surface area (Å²) >= 11 is 5.85. The predicted octanol–water partition coefficient (Wildman–Crippen LogP) is 3.03. The van der Waals surface area contributed by atoms with E-state index in [1.165, 1.54) is 0 Å². The summed E-state index contributed by atoms with van der Waals surface area (Å²) in [7, 11) is 0. The standard InChI is InChI=1S/C15H11ClO2/c16-10-7-5-9(6-8-10)13-11-3-1-2-4-12(11)14(17)15(13)18/h1-8,13,15,18H/t13-,15-/m1/s1. The smallest absolute Gasteiger partial charge is 0.192 e. The van der Waals surface area contributed by atoms with Crippen molar-refractivity contribution in [2.75, 3.05) is 0 Å². The van der Waals surface area contributed by atoms with E-state index in [0.29, 0.717) is 10.6 Å². The number of ketones is 1. The minimum atomic E-state index is -0.997. The highest BCUT2D eigenvalue weighted by atomic mass is 35.5. The van der Waals surface area contributed by atoms with Gasteiger partial charge in [0.05, 0.1) is 0 Å². The summed E-state index contributed by atoms with van der Waals surface area (Å²) in [5, 5.41) is 10.8. The Morgan fingerprint density at radius 1 is 1.00 bits per heavy atom. The van der Waals surface area contributed by atoms with E-state index >= 15 is 0 Å². The number of aliphatic hydroxyl groups is 1. The third-order valence-electron chi connectivity index (χ3n) is 3.37. The lowest BCUT2D eigenvalue weighted by Crippen LogP contribution is -2.20. The van der Waals surface area contributed by atoms with E-state index in [1.54, 1.807) is 18.2 Å². The zero-order valence-corrected chi connectivity index (χ0v) is 10.3. The number of carbonyl (C=O) groups excluding carboxylic acids is 1. The third-order valence-corrected chi connectivity index (χ3v) is 3.63. The first-order valence-electron chi connectivity index (χ1n) is 5.75. The van der Waals surface area contributed by atoms with E-state index in [1.807, 2.05) is 30.3 Å². The van der Waals surface area contributed by atoms with E-state index in [-0.39, 0.29) is 11.7 Å². The van der Waals surface area contributed by atoms with Crippen molar-refractivity contribution < 1.29 is 9.90 Å². The fraction of sp³-hybridized carbons (Fsp3) is 0.133. The molecule has 0 heterocycles. The Morgan fingerprint density at radius 3 is 2.39 bits per heavy atom. The topological polar surface area (TPSA) is 37.3 Å². The first-order chi connectivity index (χ1) is 8.68. The zero-order valence-electron chi connectivity index (χ0n) is 9.51. The minimum Gasteiger partial charge on any atom is -0.384 e. The summed E-state index contributed by atoms with van der Waals surface area (Å²) in [5.74, 6) is -0.489. The van der Waals surface area contributed by atoms with Gasteiger partial charge >= 0.3 is 0 Å². The molecule has 2 aromatic carbocycles. The van der Waals surface area contributed by atoms with E-state index in [0.717, 1.165) is 11.1 Å². The van der Waals surface area contributed by atoms with Crippen molar-refractivity contribution in [2.45, 2.75) is 12.0 Å². The van der Waals surface area contributed by atoms with Gasteiger partial charge in [-0.25, -0.2) is 0 Å². The van der Waals surface area contributed by atoms with Crippen molar-refractivity contribution in [3.8, 4) is 0 Å². The normalized spacial score (nSPS) is 22.0. The first-order valence-corrected chi connectivity index (χ1v) is 6.13. The van der Waals surface area contributed by atoms with Gasteiger partial charge in [-0.05, 0) is 23.3 Å². The molecule has 3 heteroatoms. The molecule has 2 nitrogen and oxygen atoms in total. The molecule has 18 heavy (non-hydrogen) atoms. The van der Waals surface area contributed by atoms with E-state index < -0.39 is 6.10 Å². The van der Waals surface area contributed by atoms with Crippen LogP contribution in [0.3, 0.4) is 0 Å². The Hall–Kier alpha value is -1.64. The number of fused-ring (bicyclic) bond motifs is 1. The van der Waals surface area contributed by atoms with Crippen molar-refractivity contribution in [1.29, 1.82) is 0 Å². The fourth-order valence-corrected chi connectivity index (χ4v) is 2.63. The fourth-order valence-electron chi connectivity index (χ4n) is 2.51. The van der Waals surface area contributed by atoms with E-state index in [9.17, 15) is 9.90 Å². The Labute approximate surface area is 110 Å². The molecule has 2 atom stereocenters. The van der Waals surface area contributed by atoms with Crippen molar-refractivity contribution in [2.24, 2.45) is 0 Å². The van der Waals surface area contributed by atoms with Gasteiger partial charge in [-0.2, -0.15) is 0 Å². The lowest BCUT2D eigenvalue weighted by atomic mass is 9.91. The molecule has 1 aliphatic carbocycles. The van der Waals surface area contributed by atoms with Gasteiger partial charge in [-0.15, -0.1) is 0 Å². The molecule has 0 aliphatic heterocycles. The monoisotopic (exact) mass is 258 g/mol. The molecule has 0 radical (unpaired) electrons. The summed E-state index contributed by atoms with van der Waals surface area (Å²) < 4.78 is 0. The lowest BCUT2D eigenvalue weighted by molar-refractivity contribution is 0.0754. The Morgan fingerprint density at radius 2 is 1.67 bits per heavy atom. The molecule has 3 rings (SSSR count). The maximum absolute atomic E-state index is 12.0. The largest absolute Gasteiger partial charge is 0.384 e. The summed E-state index contributed by atoms with van der Waals surface area (Å²) in [6.45, 7) is 0. The number of halogens is 1. The van der Waals surface area contributed by atoms with Gasteiger partial charge in [-0.3, -0.25) is 4.79 Å². The number of benzene rings is 2. The van der Waals surface area contributed by atoms with Crippen LogP contribution in [0.5, 0.6) is 0 Å². The van der Waals surface area contributed by atoms with Gasteiger partial charge in [0, 0.05) is 16.5 Å². The number of hydrogen-bond donors (Lipinski definition) is 1. The average molecular weight is 259 g/mol. The quantitative estimate of drug-likeness (QED) is 0.854. The summed E-state index contributed by atoms with van der Waals surface area (Å²) in [4.78, 5) is 12.0. The molecule has 0 aromatic heterocycles. The second-order valence-electron chi connectivity index (χ2n) is 4.43. The highest BCUT2D eigenvalue weighted by molar-refractivity contribution is 6.30. The van der Waals surface area contributed by atoms with Gasteiger partial charge in [-0.1, -0.05) is 48.0 Å². The number of hydrogen-bond acceptors (Lipinski definition) is 2.